The Morgan fingerprint density at radius 1 is 1.19 bits per heavy atom. The van der Waals surface area contributed by atoms with E-state index >= 15 is 0 Å². The largest absolute Gasteiger partial charge is 0.258 e. The molecule has 2 heterocycles. The molecule has 0 saturated heterocycles. The van der Waals surface area contributed by atoms with E-state index in [-0.39, 0.29) is 5.92 Å². The second-order valence-corrected chi connectivity index (χ2v) is 5.32. The van der Waals surface area contributed by atoms with Gasteiger partial charge in [0.2, 0.25) is 0 Å². The van der Waals surface area contributed by atoms with Crippen LogP contribution in [0.15, 0.2) is 52.6 Å². The smallest absolute Gasteiger partial charge is 0.125 e. The molecule has 3 heteroatoms. The van der Waals surface area contributed by atoms with Crippen LogP contribution in [0.4, 0.5) is 0 Å². The van der Waals surface area contributed by atoms with Crippen LogP contribution in [-0.4, -0.2) is 17.0 Å². The van der Waals surface area contributed by atoms with Gasteiger partial charge in [-0.1, -0.05) is 31.7 Å². The quantitative estimate of drug-likeness (QED) is 0.795. The van der Waals surface area contributed by atoms with Crippen molar-refractivity contribution in [1.82, 2.24) is 4.98 Å². The first-order chi connectivity index (χ1) is 9.97. The molecule has 0 saturated carbocycles. The molecule has 1 aromatic heterocycles. The van der Waals surface area contributed by atoms with Gasteiger partial charge >= 0.3 is 0 Å². The summed E-state index contributed by atoms with van der Waals surface area (Å²) in [5, 5.41) is 0. The molecule has 0 spiro atoms. The second kappa shape index (κ2) is 6.44. The van der Waals surface area contributed by atoms with Gasteiger partial charge in [0.25, 0.3) is 0 Å². The van der Waals surface area contributed by atoms with E-state index in [2.05, 4.69) is 40.6 Å². The van der Waals surface area contributed by atoms with Crippen molar-refractivity contribution in [2.75, 3.05) is 0 Å². The molecule has 0 fully saturated rings. The lowest BCUT2D eigenvalue weighted by Gasteiger charge is -2.11. The zero-order valence-corrected chi connectivity index (χ0v) is 13.1. The van der Waals surface area contributed by atoms with E-state index in [9.17, 15) is 0 Å². The summed E-state index contributed by atoms with van der Waals surface area (Å²) in [5.74, 6) is 1.01. The molecule has 0 N–H and O–H groups in total. The Bertz CT molecular complexity index is 676. The van der Waals surface area contributed by atoms with Crippen molar-refractivity contribution in [3.8, 4) is 0 Å². The third-order valence-electron chi connectivity index (χ3n) is 3.38. The molecule has 108 valence electrons. The van der Waals surface area contributed by atoms with Crippen LogP contribution in [0.1, 0.15) is 30.8 Å². The fourth-order valence-corrected chi connectivity index (χ4v) is 2.20. The van der Waals surface area contributed by atoms with Crippen molar-refractivity contribution in [1.29, 1.82) is 0 Å². The van der Waals surface area contributed by atoms with E-state index < -0.39 is 0 Å². The maximum Gasteiger partial charge on any atom is 0.125 e. The Hall–Kier alpha value is -2.29. The van der Waals surface area contributed by atoms with Gasteiger partial charge in [-0.15, -0.1) is 0 Å². The van der Waals surface area contributed by atoms with E-state index in [1.54, 1.807) is 6.20 Å². The van der Waals surface area contributed by atoms with Crippen molar-refractivity contribution >= 4 is 17.6 Å². The van der Waals surface area contributed by atoms with Gasteiger partial charge in [0, 0.05) is 29.4 Å². The fraction of sp³-hybridized carbons (Fsp3) is 0.278. The van der Waals surface area contributed by atoms with E-state index in [1.165, 1.54) is 0 Å². The van der Waals surface area contributed by atoms with Gasteiger partial charge < -0.3 is 0 Å². The van der Waals surface area contributed by atoms with Crippen LogP contribution in [-0.2, 0) is 0 Å². The van der Waals surface area contributed by atoms with Gasteiger partial charge in [-0.05, 0) is 43.9 Å². The van der Waals surface area contributed by atoms with E-state index in [1.807, 2.05) is 39.1 Å². The molecule has 0 bridgehead atoms. The normalized spacial score (nSPS) is 22.4. The summed E-state index contributed by atoms with van der Waals surface area (Å²) in [5.41, 5.74) is 5.02. The molecule has 1 atom stereocenters. The summed E-state index contributed by atoms with van der Waals surface area (Å²) in [4.78, 5) is 13.1. The molecule has 1 aromatic rings. The average molecular weight is 279 g/mol. The van der Waals surface area contributed by atoms with Crippen LogP contribution in [0.5, 0.6) is 0 Å². The number of pyridine rings is 1. The predicted molar refractivity (Wildman–Crippen MR) is 90.7 cm³/mol. The fourth-order valence-electron chi connectivity index (χ4n) is 2.20. The molecule has 21 heavy (non-hydrogen) atoms. The summed E-state index contributed by atoms with van der Waals surface area (Å²) in [6, 6.07) is 4.08. The van der Waals surface area contributed by atoms with Gasteiger partial charge in [-0.2, -0.15) is 0 Å². The van der Waals surface area contributed by atoms with Crippen LogP contribution in [0.2, 0.25) is 0 Å². The van der Waals surface area contributed by atoms with Crippen LogP contribution in [0, 0.1) is 19.8 Å². The molecule has 2 rings (SSSR count). The van der Waals surface area contributed by atoms with Crippen LogP contribution in [0.25, 0.3) is 5.57 Å². The predicted octanol–water partition coefficient (Wildman–Crippen LogP) is 4.29. The number of allylic oxidation sites excluding steroid dienone is 4. The van der Waals surface area contributed by atoms with Gasteiger partial charge in [0.05, 0.1) is 0 Å². The molecule has 0 aliphatic carbocycles. The number of rotatable bonds is 2. The van der Waals surface area contributed by atoms with Crippen molar-refractivity contribution in [2.24, 2.45) is 15.9 Å². The molecule has 1 aliphatic heterocycles. The molecule has 0 amide bonds. The summed E-state index contributed by atoms with van der Waals surface area (Å²) in [6.07, 6.45) is 7.84. The maximum absolute atomic E-state index is 4.51. The Morgan fingerprint density at radius 2 is 1.95 bits per heavy atom. The molecule has 0 unspecified atom stereocenters. The molecular weight excluding hydrogens is 258 g/mol. The van der Waals surface area contributed by atoms with Gasteiger partial charge in [0.15, 0.2) is 0 Å². The van der Waals surface area contributed by atoms with E-state index in [0.717, 1.165) is 33.9 Å². The Morgan fingerprint density at radius 3 is 2.67 bits per heavy atom. The Balaban J connectivity index is 2.42. The van der Waals surface area contributed by atoms with Crippen molar-refractivity contribution < 1.29 is 0 Å². The van der Waals surface area contributed by atoms with Crippen LogP contribution in [0.3, 0.4) is 0 Å². The number of aromatic nitrogens is 1. The Labute approximate surface area is 126 Å². The number of hydrogen-bond donors (Lipinski definition) is 0. The van der Waals surface area contributed by atoms with E-state index in [0.29, 0.717) is 0 Å². The van der Waals surface area contributed by atoms with Gasteiger partial charge in [-0.3, -0.25) is 4.98 Å². The van der Waals surface area contributed by atoms with Crippen molar-refractivity contribution in [3.05, 3.63) is 59.6 Å². The van der Waals surface area contributed by atoms with Gasteiger partial charge in [0.1, 0.15) is 5.84 Å². The maximum atomic E-state index is 4.51. The minimum absolute atomic E-state index is 0.275. The lowest BCUT2D eigenvalue weighted by atomic mass is 9.95. The summed E-state index contributed by atoms with van der Waals surface area (Å²) in [6.45, 7) is 12.2. The minimum atomic E-state index is 0.275. The number of aliphatic imine (C=N–C) groups is 2. The van der Waals surface area contributed by atoms with Gasteiger partial charge in [-0.25, -0.2) is 9.98 Å². The second-order valence-electron chi connectivity index (χ2n) is 5.32. The third-order valence-corrected chi connectivity index (χ3v) is 3.38. The topological polar surface area (TPSA) is 37.6 Å². The summed E-state index contributed by atoms with van der Waals surface area (Å²) in [7, 11) is 0. The first-order valence-electron chi connectivity index (χ1n) is 7.08. The number of aryl methyl sites for hydroxylation is 2. The molecule has 0 radical (unpaired) electrons. The summed E-state index contributed by atoms with van der Waals surface area (Å²) >= 11 is 0. The number of amidine groups is 1. The molecule has 1 aliphatic rings. The summed E-state index contributed by atoms with van der Waals surface area (Å²) < 4.78 is 0. The average Bonchev–Trinajstić information content (AvgIpc) is 2.49. The highest BCUT2D eigenvalue weighted by atomic mass is 14.9. The monoisotopic (exact) mass is 279 g/mol. The van der Waals surface area contributed by atoms with Crippen molar-refractivity contribution in [3.63, 3.8) is 0 Å². The van der Waals surface area contributed by atoms with Crippen molar-refractivity contribution in [2.45, 2.75) is 27.7 Å². The Kier molecular flexibility index (Phi) is 4.63. The highest BCUT2D eigenvalue weighted by molar-refractivity contribution is 6.04. The van der Waals surface area contributed by atoms with E-state index in [4.69, 9.17) is 0 Å². The highest BCUT2D eigenvalue weighted by Crippen LogP contribution is 2.24. The first kappa shape index (κ1) is 15.1. The standard InChI is InChI=1S/C18H21N3/c1-12-8-9-19-16(5)20-11-17(10-12)14(3)18-7-6-13(2)21-15(18)4/h6-12H,3H2,1-2,4-5H3/b9-8-,17-10+,19-16?,20-11?/t12-/m0/s1. The highest BCUT2D eigenvalue weighted by Gasteiger charge is 2.10. The lowest BCUT2D eigenvalue weighted by molar-refractivity contribution is 0.933. The lowest BCUT2D eigenvalue weighted by Crippen LogP contribution is -1.99. The molecule has 0 aromatic carbocycles. The zero-order valence-electron chi connectivity index (χ0n) is 13.1. The van der Waals surface area contributed by atoms with Crippen LogP contribution >= 0.6 is 0 Å². The zero-order chi connectivity index (χ0) is 15.4. The third kappa shape index (κ3) is 3.85. The number of nitrogens with zero attached hydrogens (tertiary/aromatic N) is 3. The van der Waals surface area contributed by atoms with Crippen LogP contribution < -0.4 is 0 Å². The molecule has 3 nitrogen and oxygen atoms in total. The number of hydrogen-bond acceptors (Lipinski definition) is 3. The SMILES string of the molecule is C=C(/C1=C/[C@@H](C)/C=C\N=C(C)N=C1)c1ccc(C)nc1C. The first-order valence-corrected chi connectivity index (χ1v) is 7.08. The minimum Gasteiger partial charge on any atom is -0.258 e. The molecular formula is C18H21N3.